The summed E-state index contributed by atoms with van der Waals surface area (Å²) in [5, 5.41) is 48.5. The van der Waals surface area contributed by atoms with Crippen LogP contribution in [0.4, 0.5) is 0 Å². The second kappa shape index (κ2) is 5.97. The summed E-state index contributed by atoms with van der Waals surface area (Å²) in [5.41, 5.74) is 0.597. The molecule has 25 heavy (non-hydrogen) atoms. The van der Waals surface area contributed by atoms with Crippen LogP contribution in [-0.2, 0) is 16.0 Å². The van der Waals surface area contributed by atoms with Crippen molar-refractivity contribution in [2.45, 2.75) is 25.6 Å². The van der Waals surface area contributed by atoms with Crippen LogP contribution in [0.25, 0.3) is 0 Å². The van der Waals surface area contributed by atoms with Gasteiger partial charge in [0.2, 0.25) is 0 Å². The van der Waals surface area contributed by atoms with Crippen LogP contribution in [0.1, 0.15) is 24.2 Å². The average molecular weight is 348 g/mol. The van der Waals surface area contributed by atoms with Gasteiger partial charge < -0.3 is 35.0 Å². The molecular formula is C17H16O8. The Balaban J connectivity index is 2.07. The van der Waals surface area contributed by atoms with Crippen molar-refractivity contribution in [1.29, 1.82) is 0 Å². The highest BCUT2D eigenvalue weighted by Crippen LogP contribution is 2.45. The fraction of sp³-hybridized carbons (Fsp3) is 0.235. The van der Waals surface area contributed by atoms with Gasteiger partial charge in [-0.3, -0.25) is 4.79 Å². The van der Waals surface area contributed by atoms with Gasteiger partial charge in [0.15, 0.2) is 23.4 Å². The zero-order valence-electron chi connectivity index (χ0n) is 13.1. The second-order valence-corrected chi connectivity index (χ2v) is 5.74. The molecule has 0 unspecified atom stereocenters. The zero-order valence-corrected chi connectivity index (χ0v) is 13.1. The Morgan fingerprint density at radius 3 is 2.28 bits per heavy atom. The normalized spacial score (nSPS) is 18.9. The van der Waals surface area contributed by atoms with E-state index >= 15 is 0 Å². The molecule has 1 aliphatic rings. The van der Waals surface area contributed by atoms with Crippen LogP contribution < -0.4 is 4.74 Å². The zero-order chi connectivity index (χ0) is 18.3. The summed E-state index contributed by atoms with van der Waals surface area (Å²) < 4.78 is 11.0. The van der Waals surface area contributed by atoms with Crippen molar-refractivity contribution in [3.05, 3.63) is 35.4 Å². The maximum absolute atomic E-state index is 11.4. The van der Waals surface area contributed by atoms with Gasteiger partial charge in [-0.25, -0.2) is 0 Å². The molecule has 1 heterocycles. The minimum absolute atomic E-state index is 0.0914. The Kier molecular flexibility index (Phi) is 3.96. The van der Waals surface area contributed by atoms with Crippen molar-refractivity contribution >= 4 is 5.97 Å². The number of benzene rings is 2. The van der Waals surface area contributed by atoms with Crippen LogP contribution in [-0.4, -0.2) is 37.6 Å². The van der Waals surface area contributed by atoms with E-state index in [9.17, 15) is 30.3 Å². The van der Waals surface area contributed by atoms with E-state index in [0.29, 0.717) is 5.56 Å². The Morgan fingerprint density at radius 1 is 1.04 bits per heavy atom. The molecule has 8 heteroatoms. The third-order valence-corrected chi connectivity index (χ3v) is 3.90. The summed E-state index contributed by atoms with van der Waals surface area (Å²) in [4.78, 5) is 11.4. The number of esters is 1. The lowest BCUT2D eigenvalue weighted by molar-refractivity contribution is -0.152. The number of hydrogen-bond donors (Lipinski definition) is 5. The number of carbonyl (C=O) groups excluding carboxylic acids is 1. The first-order valence-corrected chi connectivity index (χ1v) is 7.40. The van der Waals surface area contributed by atoms with Gasteiger partial charge in [0.25, 0.3) is 0 Å². The smallest absolute Gasteiger partial charge is 0.303 e. The first-order valence-electron chi connectivity index (χ1n) is 7.40. The number of phenolic OH excluding ortho intramolecular Hbond substituents is 5. The fourth-order valence-corrected chi connectivity index (χ4v) is 2.84. The van der Waals surface area contributed by atoms with Gasteiger partial charge in [0.1, 0.15) is 23.4 Å². The van der Waals surface area contributed by atoms with Gasteiger partial charge in [0, 0.05) is 36.6 Å². The van der Waals surface area contributed by atoms with Crippen LogP contribution in [0.15, 0.2) is 24.3 Å². The highest BCUT2D eigenvalue weighted by Gasteiger charge is 2.36. The largest absolute Gasteiger partial charge is 0.508 e. The molecule has 0 saturated heterocycles. The third kappa shape index (κ3) is 3.06. The minimum Gasteiger partial charge on any atom is -0.508 e. The maximum atomic E-state index is 11.4. The third-order valence-electron chi connectivity index (χ3n) is 3.90. The van der Waals surface area contributed by atoms with E-state index in [1.807, 2.05) is 0 Å². The molecule has 0 radical (unpaired) electrons. The average Bonchev–Trinajstić information content (AvgIpc) is 2.51. The van der Waals surface area contributed by atoms with Crippen molar-refractivity contribution < 1.29 is 39.8 Å². The highest BCUT2D eigenvalue weighted by molar-refractivity contribution is 5.66. The van der Waals surface area contributed by atoms with Crippen molar-refractivity contribution in [2.75, 3.05) is 0 Å². The maximum Gasteiger partial charge on any atom is 0.303 e. The molecule has 132 valence electrons. The first kappa shape index (κ1) is 16.6. The molecule has 0 fully saturated rings. The van der Waals surface area contributed by atoms with E-state index in [-0.39, 0.29) is 29.2 Å². The van der Waals surface area contributed by atoms with E-state index in [2.05, 4.69) is 0 Å². The van der Waals surface area contributed by atoms with Gasteiger partial charge in [-0.15, -0.1) is 0 Å². The molecule has 0 saturated carbocycles. The van der Waals surface area contributed by atoms with Gasteiger partial charge in [-0.05, 0) is 12.1 Å². The van der Waals surface area contributed by atoms with Gasteiger partial charge in [-0.2, -0.15) is 0 Å². The van der Waals surface area contributed by atoms with E-state index in [1.165, 1.54) is 25.1 Å². The van der Waals surface area contributed by atoms with Crippen molar-refractivity contribution in [3.63, 3.8) is 0 Å². The lowest BCUT2D eigenvalue weighted by Crippen LogP contribution is -2.34. The first-order chi connectivity index (χ1) is 11.8. The Hall–Kier alpha value is -3.29. The molecule has 0 spiro atoms. The Labute approximate surface area is 142 Å². The predicted octanol–water partition coefficient (Wildman–Crippen LogP) is 1.82. The number of hydrogen-bond acceptors (Lipinski definition) is 8. The molecule has 2 atom stereocenters. The summed E-state index contributed by atoms with van der Waals surface area (Å²) in [7, 11) is 0. The molecule has 0 amide bonds. The van der Waals surface area contributed by atoms with Crippen molar-refractivity contribution in [2.24, 2.45) is 0 Å². The SMILES string of the molecule is CC(=O)O[C@@H]1Cc2c(O)cc(O)cc2O[C@@H]1c1cc(O)c(O)c(O)c1. The molecule has 8 nitrogen and oxygen atoms in total. The van der Waals surface area contributed by atoms with Crippen LogP contribution in [0.5, 0.6) is 34.5 Å². The van der Waals surface area contributed by atoms with Crippen LogP contribution in [0.2, 0.25) is 0 Å². The number of carbonyl (C=O) groups is 1. The lowest BCUT2D eigenvalue weighted by atomic mass is 9.93. The molecule has 5 N–H and O–H groups in total. The Morgan fingerprint density at radius 2 is 1.68 bits per heavy atom. The Bertz CT molecular complexity index is 822. The van der Waals surface area contributed by atoms with E-state index in [0.717, 1.165) is 6.07 Å². The number of phenols is 5. The van der Waals surface area contributed by atoms with Crippen LogP contribution >= 0.6 is 0 Å². The summed E-state index contributed by atoms with van der Waals surface area (Å²) in [6.07, 6.45) is -1.70. The van der Waals surface area contributed by atoms with Crippen LogP contribution in [0, 0.1) is 0 Å². The number of rotatable bonds is 2. The van der Waals surface area contributed by atoms with E-state index < -0.39 is 35.4 Å². The minimum atomic E-state index is -0.935. The fourth-order valence-electron chi connectivity index (χ4n) is 2.84. The summed E-state index contributed by atoms with van der Waals surface area (Å²) in [6.45, 7) is 1.22. The molecular weight excluding hydrogens is 332 g/mol. The standard InChI is InChI=1S/C17H16O8/c1-7(18)24-15-6-10-11(20)4-9(19)5-14(10)25-17(15)8-2-12(21)16(23)13(22)3-8/h2-5,15,17,19-23H,6H2,1H3/t15-,17-/m1/s1. The van der Waals surface area contributed by atoms with Gasteiger partial charge in [0.05, 0.1) is 0 Å². The second-order valence-electron chi connectivity index (χ2n) is 5.74. The van der Waals surface area contributed by atoms with Crippen molar-refractivity contribution in [1.82, 2.24) is 0 Å². The summed E-state index contributed by atoms with van der Waals surface area (Å²) in [5.74, 6) is -2.63. The number of aromatic hydroxyl groups is 5. The summed E-state index contributed by atoms with van der Waals surface area (Å²) >= 11 is 0. The molecule has 0 bridgehead atoms. The molecule has 3 rings (SSSR count). The molecule has 2 aromatic carbocycles. The molecule has 2 aromatic rings. The van der Waals surface area contributed by atoms with E-state index in [4.69, 9.17) is 9.47 Å². The molecule has 1 aliphatic heterocycles. The van der Waals surface area contributed by atoms with Gasteiger partial charge >= 0.3 is 5.97 Å². The molecule has 0 aliphatic carbocycles. The predicted molar refractivity (Wildman–Crippen MR) is 83.8 cm³/mol. The highest BCUT2D eigenvalue weighted by atomic mass is 16.6. The lowest BCUT2D eigenvalue weighted by Gasteiger charge is -2.33. The van der Waals surface area contributed by atoms with Crippen molar-refractivity contribution in [3.8, 4) is 34.5 Å². The van der Waals surface area contributed by atoms with Crippen LogP contribution in [0.3, 0.4) is 0 Å². The van der Waals surface area contributed by atoms with E-state index in [1.54, 1.807) is 0 Å². The molecule has 0 aromatic heterocycles. The van der Waals surface area contributed by atoms with Gasteiger partial charge in [-0.1, -0.05) is 0 Å². The quantitative estimate of drug-likeness (QED) is 0.409. The monoisotopic (exact) mass is 348 g/mol. The number of fused-ring (bicyclic) bond motifs is 1. The number of ether oxygens (including phenoxy) is 2. The summed E-state index contributed by atoms with van der Waals surface area (Å²) in [6, 6.07) is 4.78. The topological polar surface area (TPSA) is 137 Å².